The van der Waals surface area contributed by atoms with Crippen molar-refractivity contribution < 1.29 is 4.79 Å². The summed E-state index contributed by atoms with van der Waals surface area (Å²) in [5, 5.41) is 0. The van der Waals surface area contributed by atoms with Crippen LogP contribution in [0.3, 0.4) is 0 Å². The fraction of sp³-hybridized carbons (Fsp3) is 0.462. The van der Waals surface area contributed by atoms with Crippen LogP contribution in [0.25, 0.3) is 0 Å². The highest BCUT2D eigenvalue weighted by Crippen LogP contribution is 2.34. The quantitative estimate of drug-likeness (QED) is 0.607. The maximum absolute atomic E-state index is 11.9. The second-order valence-corrected chi connectivity index (χ2v) is 5.42. The molecule has 1 saturated carbocycles. The topological polar surface area (TPSA) is 17.1 Å². The summed E-state index contributed by atoms with van der Waals surface area (Å²) in [7, 11) is 0. The number of aryl methyl sites for hydroxylation is 1. The molecule has 1 fully saturated rings. The Morgan fingerprint density at radius 3 is 2.87 bits per heavy atom. The van der Waals surface area contributed by atoms with Crippen LogP contribution in [0.15, 0.2) is 18.2 Å². The van der Waals surface area contributed by atoms with Gasteiger partial charge in [-0.3, -0.25) is 4.79 Å². The van der Waals surface area contributed by atoms with Gasteiger partial charge >= 0.3 is 0 Å². The van der Waals surface area contributed by atoms with Crippen LogP contribution in [-0.2, 0) is 0 Å². The van der Waals surface area contributed by atoms with Crippen LogP contribution in [0.2, 0.25) is 0 Å². The van der Waals surface area contributed by atoms with Gasteiger partial charge in [0.25, 0.3) is 0 Å². The molecule has 1 aromatic carbocycles. The van der Waals surface area contributed by atoms with Gasteiger partial charge in [-0.2, -0.15) is 0 Å². The maximum Gasteiger partial charge on any atom is 0.163 e. The largest absolute Gasteiger partial charge is 0.294 e. The molecule has 2 heteroatoms. The Hall–Kier alpha value is -0.380. The minimum atomic E-state index is 0.315. The predicted molar refractivity (Wildman–Crippen MR) is 70.2 cm³/mol. The van der Waals surface area contributed by atoms with E-state index >= 15 is 0 Å². The Morgan fingerprint density at radius 1 is 1.47 bits per heavy atom. The van der Waals surface area contributed by atoms with Crippen molar-refractivity contribution >= 4 is 28.4 Å². The summed E-state index contributed by atoms with van der Waals surface area (Å²) in [6.07, 6.45) is 4.48. The van der Waals surface area contributed by atoms with E-state index in [0.717, 1.165) is 27.9 Å². The maximum atomic E-state index is 11.9. The van der Waals surface area contributed by atoms with Crippen molar-refractivity contribution in [1.82, 2.24) is 0 Å². The van der Waals surface area contributed by atoms with Crippen LogP contribution in [0.1, 0.15) is 41.6 Å². The fourth-order valence-corrected chi connectivity index (χ4v) is 2.40. The first-order valence-corrected chi connectivity index (χ1v) is 6.54. The fourth-order valence-electron chi connectivity index (χ4n) is 1.74. The molecular weight excluding hydrogens is 299 g/mol. The standard InChI is InChI=1S/C13H15IO/c1-9-3-2-4-11(13(9)14)12(15)8-7-10-5-6-10/h2-4,10H,5-8H2,1H3. The Morgan fingerprint density at radius 2 is 2.20 bits per heavy atom. The molecule has 80 valence electrons. The van der Waals surface area contributed by atoms with E-state index in [4.69, 9.17) is 0 Å². The third-order valence-corrected chi connectivity index (χ3v) is 4.40. The smallest absolute Gasteiger partial charge is 0.163 e. The Bertz CT molecular complexity index is 380. The van der Waals surface area contributed by atoms with Crippen molar-refractivity contribution in [2.75, 3.05) is 0 Å². The lowest BCUT2D eigenvalue weighted by Gasteiger charge is -2.05. The Balaban J connectivity index is 2.06. The SMILES string of the molecule is Cc1cccc(C(=O)CCC2CC2)c1I. The number of carbonyl (C=O) groups is 1. The number of Topliss-reactive ketones (excluding diaryl/α,β-unsaturated/α-hetero) is 1. The van der Waals surface area contributed by atoms with Crippen molar-refractivity contribution in [2.24, 2.45) is 5.92 Å². The number of rotatable bonds is 4. The zero-order valence-electron chi connectivity index (χ0n) is 8.92. The number of ketones is 1. The predicted octanol–water partition coefficient (Wildman–Crippen LogP) is 3.97. The number of hydrogen-bond acceptors (Lipinski definition) is 1. The van der Waals surface area contributed by atoms with Gasteiger partial charge in [0.15, 0.2) is 5.78 Å². The van der Waals surface area contributed by atoms with E-state index in [0.29, 0.717) is 5.78 Å². The summed E-state index contributed by atoms with van der Waals surface area (Å²) in [5.41, 5.74) is 2.11. The van der Waals surface area contributed by atoms with E-state index in [9.17, 15) is 4.79 Å². The minimum absolute atomic E-state index is 0.315. The van der Waals surface area contributed by atoms with E-state index in [1.54, 1.807) is 0 Å². The highest BCUT2D eigenvalue weighted by atomic mass is 127. The van der Waals surface area contributed by atoms with Gasteiger partial charge in [0.05, 0.1) is 0 Å². The van der Waals surface area contributed by atoms with Crippen molar-refractivity contribution in [3.8, 4) is 0 Å². The van der Waals surface area contributed by atoms with E-state index in [1.807, 2.05) is 12.1 Å². The van der Waals surface area contributed by atoms with Crippen LogP contribution in [0.5, 0.6) is 0 Å². The van der Waals surface area contributed by atoms with Crippen molar-refractivity contribution in [3.63, 3.8) is 0 Å². The lowest BCUT2D eigenvalue weighted by atomic mass is 10.0. The molecule has 0 aliphatic heterocycles. The van der Waals surface area contributed by atoms with Gasteiger partial charge in [0, 0.05) is 15.6 Å². The molecule has 0 atom stereocenters. The summed E-state index contributed by atoms with van der Waals surface area (Å²) in [6, 6.07) is 5.98. The molecule has 0 aromatic heterocycles. The van der Waals surface area contributed by atoms with E-state index in [-0.39, 0.29) is 0 Å². The molecular formula is C13H15IO. The van der Waals surface area contributed by atoms with Crippen LogP contribution in [-0.4, -0.2) is 5.78 Å². The highest BCUT2D eigenvalue weighted by molar-refractivity contribution is 14.1. The molecule has 1 aliphatic carbocycles. The number of carbonyl (C=O) groups excluding carboxylic acids is 1. The molecule has 0 N–H and O–H groups in total. The first-order valence-electron chi connectivity index (χ1n) is 5.47. The molecule has 2 rings (SSSR count). The molecule has 0 bridgehead atoms. The van der Waals surface area contributed by atoms with Crippen LogP contribution in [0.4, 0.5) is 0 Å². The molecule has 0 unspecified atom stereocenters. The number of benzene rings is 1. The zero-order valence-corrected chi connectivity index (χ0v) is 11.1. The second kappa shape index (κ2) is 4.64. The molecule has 0 spiro atoms. The van der Waals surface area contributed by atoms with Crippen LogP contribution < -0.4 is 0 Å². The molecule has 0 saturated heterocycles. The van der Waals surface area contributed by atoms with Crippen LogP contribution in [0, 0.1) is 16.4 Å². The van der Waals surface area contributed by atoms with Gasteiger partial charge < -0.3 is 0 Å². The zero-order chi connectivity index (χ0) is 10.8. The minimum Gasteiger partial charge on any atom is -0.294 e. The molecule has 0 heterocycles. The van der Waals surface area contributed by atoms with Gasteiger partial charge in [-0.15, -0.1) is 0 Å². The first kappa shape index (κ1) is 11.1. The number of hydrogen-bond donors (Lipinski definition) is 0. The average molecular weight is 314 g/mol. The number of halogens is 1. The summed E-state index contributed by atoms with van der Waals surface area (Å²) < 4.78 is 1.12. The molecule has 1 aliphatic rings. The molecule has 0 radical (unpaired) electrons. The highest BCUT2D eigenvalue weighted by Gasteiger charge is 2.22. The first-order chi connectivity index (χ1) is 7.18. The van der Waals surface area contributed by atoms with Crippen LogP contribution >= 0.6 is 22.6 Å². The van der Waals surface area contributed by atoms with Gasteiger partial charge in [-0.25, -0.2) is 0 Å². The summed E-state index contributed by atoms with van der Waals surface area (Å²) in [5.74, 6) is 1.16. The van der Waals surface area contributed by atoms with E-state index < -0.39 is 0 Å². The summed E-state index contributed by atoms with van der Waals surface area (Å²) in [6.45, 7) is 2.06. The summed E-state index contributed by atoms with van der Waals surface area (Å²) in [4.78, 5) is 11.9. The van der Waals surface area contributed by atoms with Gasteiger partial charge in [-0.1, -0.05) is 31.0 Å². The van der Waals surface area contributed by atoms with Crippen molar-refractivity contribution in [3.05, 3.63) is 32.9 Å². The third-order valence-electron chi connectivity index (χ3n) is 2.97. The second-order valence-electron chi connectivity index (χ2n) is 4.34. The van der Waals surface area contributed by atoms with E-state index in [2.05, 4.69) is 35.6 Å². The van der Waals surface area contributed by atoms with E-state index in [1.165, 1.54) is 18.4 Å². The third kappa shape index (κ3) is 2.80. The molecule has 1 aromatic rings. The average Bonchev–Trinajstić information content (AvgIpc) is 3.02. The van der Waals surface area contributed by atoms with Gasteiger partial charge in [0.2, 0.25) is 0 Å². The van der Waals surface area contributed by atoms with Gasteiger partial charge in [0.1, 0.15) is 0 Å². The lowest BCUT2D eigenvalue weighted by Crippen LogP contribution is -2.03. The van der Waals surface area contributed by atoms with Gasteiger partial charge in [-0.05, 0) is 47.4 Å². The summed E-state index contributed by atoms with van der Waals surface area (Å²) >= 11 is 2.27. The normalized spacial score (nSPS) is 15.3. The van der Waals surface area contributed by atoms with Crippen molar-refractivity contribution in [1.29, 1.82) is 0 Å². The lowest BCUT2D eigenvalue weighted by molar-refractivity contribution is 0.0977. The molecule has 15 heavy (non-hydrogen) atoms. The molecule has 0 amide bonds. The Labute approximate surface area is 104 Å². The Kier molecular flexibility index (Phi) is 3.44. The monoisotopic (exact) mass is 314 g/mol. The van der Waals surface area contributed by atoms with Crippen molar-refractivity contribution in [2.45, 2.75) is 32.6 Å². The molecule has 1 nitrogen and oxygen atoms in total.